The minimum absolute atomic E-state index is 0.474. The van der Waals surface area contributed by atoms with Crippen LogP contribution in [0, 0.1) is 5.92 Å². The molecule has 0 aromatic heterocycles. The molecule has 1 aromatic carbocycles. The predicted octanol–water partition coefficient (Wildman–Crippen LogP) is 3.38. The Balaban J connectivity index is 1.87. The zero-order valence-corrected chi connectivity index (χ0v) is 9.74. The number of nitrogens with zero attached hydrogens (tertiary/aromatic N) is 2. The molecule has 1 aromatic rings. The summed E-state index contributed by atoms with van der Waals surface area (Å²) in [6.45, 7) is 1.13. The molecule has 0 radical (unpaired) electrons. The molecule has 0 spiro atoms. The predicted molar refractivity (Wildman–Crippen MR) is 63.7 cm³/mol. The van der Waals surface area contributed by atoms with Crippen LogP contribution in [0.1, 0.15) is 18.4 Å². The number of hydrogen-bond acceptors (Lipinski definition) is 2. The number of anilines is 1. The number of hydrogen-bond donors (Lipinski definition) is 0. The third-order valence-corrected chi connectivity index (χ3v) is 3.51. The van der Waals surface area contributed by atoms with Crippen molar-refractivity contribution in [2.75, 3.05) is 11.4 Å². The van der Waals surface area contributed by atoms with E-state index in [-0.39, 0.29) is 0 Å². The number of halogens is 3. The van der Waals surface area contributed by atoms with Crippen LogP contribution in [0.4, 0.5) is 18.9 Å². The summed E-state index contributed by atoms with van der Waals surface area (Å²) in [5.74, 6) is 0.143. The highest BCUT2D eigenvalue weighted by Crippen LogP contribution is 2.37. The summed E-state index contributed by atoms with van der Waals surface area (Å²) < 4.78 is 37.5. The molecular weight excluding hydrogens is 241 g/mol. The Morgan fingerprint density at radius 1 is 1.28 bits per heavy atom. The fourth-order valence-electron chi connectivity index (χ4n) is 2.75. The highest BCUT2D eigenvalue weighted by molar-refractivity contribution is 6.03. The molecule has 0 bridgehead atoms. The minimum Gasteiger partial charge on any atom is -0.330 e. The van der Waals surface area contributed by atoms with E-state index in [4.69, 9.17) is 0 Å². The molecule has 0 N–H and O–H groups in total. The molecule has 0 amide bonds. The quantitative estimate of drug-likeness (QED) is 0.750. The van der Waals surface area contributed by atoms with Gasteiger partial charge >= 0.3 is 6.18 Å². The van der Waals surface area contributed by atoms with E-state index < -0.39 is 18.5 Å². The van der Waals surface area contributed by atoms with Gasteiger partial charge in [0, 0.05) is 18.2 Å². The Labute approximate surface area is 103 Å². The molecule has 0 aliphatic carbocycles. The molecule has 2 nitrogen and oxygen atoms in total. The van der Waals surface area contributed by atoms with Crippen LogP contribution in [0.2, 0.25) is 0 Å². The maximum atomic E-state index is 12.5. The molecule has 96 valence electrons. The lowest BCUT2D eigenvalue weighted by atomic mass is 10.0. The van der Waals surface area contributed by atoms with E-state index in [0.717, 1.165) is 11.3 Å². The van der Waals surface area contributed by atoms with Crippen LogP contribution in [0.25, 0.3) is 0 Å². The summed E-state index contributed by atoms with van der Waals surface area (Å²) in [5, 5.41) is 0. The summed E-state index contributed by atoms with van der Waals surface area (Å²) >= 11 is 0. The van der Waals surface area contributed by atoms with Crippen LogP contribution in [0.15, 0.2) is 29.3 Å². The number of benzene rings is 1. The molecular formula is C13H13F3N2. The summed E-state index contributed by atoms with van der Waals surface area (Å²) in [5.41, 5.74) is 2.11. The number of aliphatic imine (C=N–C) groups is 1. The largest absolute Gasteiger partial charge is 0.389 e. The topological polar surface area (TPSA) is 15.6 Å². The number of para-hydroxylation sites is 1. The normalized spacial score (nSPS) is 22.5. The third-order valence-electron chi connectivity index (χ3n) is 3.51. The lowest BCUT2D eigenvalue weighted by Gasteiger charge is -2.27. The van der Waals surface area contributed by atoms with E-state index in [1.807, 2.05) is 29.2 Å². The van der Waals surface area contributed by atoms with Crippen molar-refractivity contribution in [3.8, 4) is 0 Å². The highest BCUT2D eigenvalue weighted by Gasteiger charge is 2.40. The maximum Gasteiger partial charge on any atom is 0.389 e. The van der Waals surface area contributed by atoms with Gasteiger partial charge in [-0.1, -0.05) is 18.2 Å². The molecule has 0 saturated carbocycles. The molecule has 1 fully saturated rings. The van der Waals surface area contributed by atoms with Gasteiger partial charge in [-0.05, 0) is 18.1 Å². The first-order valence-corrected chi connectivity index (χ1v) is 6.01. The zero-order chi connectivity index (χ0) is 12.8. The standard InChI is InChI=1S/C13H13F3N2/c14-13(15,16)7-9-5-6-18-11-4-2-1-3-10(11)8-17-12(9)18/h1-4,9H,5-8H2. The van der Waals surface area contributed by atoms with Crippen molar-refractivity contribution in [3.63, 3.8) is 0 Å². The molecule has 5 heteroatoms. The molecule has 2 aliphatic rings. The average Bonchev–Trinajstić information content (AvgIpc) is 2.71. The number of alkyl halides is 3. The third kappa shape index (κ3) is 1.98. The molecule has 18 heavy (non-hydrogen) atoms. The van der Waals surface area contributed by atoms with Gasteiger partial charge in [-0.2, -0.15) is 13.2 Å². The fraction of sp³-hybridized carbons (Fsp3) is 0.462. The Bertz CT molecular complexity index is 493. The smallest absolute Gasteiger partial charge is 0.330 e. The van der Waals surface area contributed by atoms with E-state index in [0.29, 0.717) is 25.3 Å². The van der Waals surface area contributed by atoms with E-state index in [1.165, 1.54) is 0 Å². The lowest BCUT2D eigenvalue weighted by Crippen LogP contribution is -2.32. The summed E-state index contributed by atoms with van der Waals surface area (Å²) in [6.07, 6.45) is -4.34. The van der Waals surface area contributed by atoms with Gasteiger partial charge in [0.2, 0.25) is 0 Å². The maximum absolute atomic E-state index is 12.5. The van der Waals surface area contributed by atoms with Gasteiger partial charge in [0.05, 0.1) is 13.0 Å². The van der Waals surface area contributed by atoms with Gasteiger partial charge in [-0.15, -0.1) is 0 Å². The Kier molecular flexibility index (Phi) is 2.57. The Morgan fingerprint density at radius 2 is 2.06 bits per heavy atom. The molecule has 3 rings (SSSR count). The van der Waals surface area contributed by atoms with Crippen LogP contribution < -0.4 is 4.90 Å². The van der Waals surface area contributed by atoms with Crippen molar-refractivity contribution in [1.82, 2.24) is 0 Å². The van der Waals surface area contributed by atoms with Gasteiger partial charge in [-0.3, -0.25) is 4.99 Å². The van der Waals surface area contributed by atoms with Gasteiger partial charge in [-0.25, -0.2) is 0 Å². The van der Waals surface area contributed by atoms with Crippen LogP contribution in [-0.4, -0.2) is 18.6 Å². The number of amidine groups is 1. The van der Waals surface area contributed by atoms with Gasteiger partial charge in [0.1, 0.15) is 5.84 Å². The van der Waals surface area contributed by atoms with Crippen LogP contribution in [-0.2, 0) is 6.54 Å². The van der Waals surface area contributed by atoms with E-state index in [9.17, 15) is 13.2 Å². The summed E-state index contributed by atoms with van der Waals surface area (Å²) in [7, 11) is 0. The lowest BCUT2D eigenvalue weighted by molar-refractivity contribution is -0.139. The van der Waals surface area contributed by atoms with Crippen LogP contribution in [0.3, 0.4) is 0 Å². The van der Waals surface area contributed by atoms with E-state index in [1.54, 1.807) is 0 Å². The second-order valence-electron chi connectivity index (χ2n) is 4.76. The van der Waals surface area contributed by atoms with Crippen molar-refractivity contribution in [2.24, 2.45) is 10.9 Å². The van der Waals surface area contributed by atoms with Gasteiger partial charge < -0.3 is 4.90 Å². The van der Waals surface area contributed by atoms with Crippen molar-refractivity contribution < 1.29 is 13.2 Å². The van der Waals surface area contributed by atoms with Crippen LogP contribution in [0.5, 0.6) is 0 Å². The van der Waals surface area contributed by atoms with E-state index in [2.05, 4.69) is 4.99 Å². The first kappa shape index (κ1) is 11.6. The van der Waals surface area contributed by atoms with E-state index >= 15 is 0 Å². The van der Waals surface area contributed by atoms with Crippen molar-refractivity contribution in [2.45, 2.75) is 25.6 Å². The molecule has 1 unspecified atom stereocenters. The molecule has 1 saturated heterocycles. The fourth-order valence-corrected chi connectivity index (χ4v) is 2.75. The number of rotatable bonds is 1. The van der Waals surface area contributed by atoms with Gasteiger partial charge in [0.25, 0.3) is 0 Å². The second-order valence-corrected chi connectivity index (χ2v) is 4.76. The minimum atomic E-state index is -4.11. The average molecular weight is 254 g/mol. The summed E-state index contributed by atoms with van der Waals surface area (Å²) in [6, 6.07) is 7.79. The highest BCUT2D eigenvalue weighted by atomic mass is 19.4. The van der Waals surface area contributed by atoms with Gasteiger partial charge in [0.15, 0.2) is 0 Å². The van der Waals surface area contributed by atoms with Crippen molar-refractivity contribution >= 4 is 11.5 Å². The van der Waals surface area contributed by atoms with Crippen LogP contribution >= 0.6 is 0 Å². The second kappa shape index (κ2) is 4.00. The van der Waals surface area contributed by atoms with Crippen molar-refractivity contribution in [1.29, 1.82) is 0 Å². The Morgan fingerprint density at radius 3 is 2.83 bits per heavy atom. The molecule has 2 aliphatic heterocycles. The summed E-state index contributed by atoms with van der Waals surface area (Å²) in [4.78, 5) is 6.28. The monoisotopic (exact) mass is 254 g/mol. The first-order valence-electron chi connectivity index (χ1n) is 6.01. The molecule has 2 heterocycles. The SMILES string of the molecule is FC(F)(F)CC1CCN2C1=NCc1ccccc12. The Hall–Kier alpha value is -1.52. The zero-order valence-electron chi connectivity index (χ0n) is 9.74. The number of fused-ring (bicyclic) bond motifs is 3. The molecule has 1 atom stereocenters. The van der Waals surface area contributed by atoms with Crippen molar-refractivity contribution in [3.05, 3.63) is 29.8 Å². The first-order chi connectivity index (χ1) is 8.54.